The van der Waals surface area contributed by atoms with Crippen molar-refractivity contribution in [2.75, 3.05) is 7.11 Å². The largest absolute Gasteiger partial charge is 0.497 e. The maximum Gasteiger partial charge on any atom is 0.258 e. The molecule has 4 rings (SSSR count). The molecule has 2 aromatic carbocycles. The van der Waals surface area contributed by atoms with E-state index < -0.39 is 0 Å². The molecule has 0 saturated heterocycles. The van der Waals surface area contributed by atoms with Gasteiger partial charge in [0.1, 0.15) is 5.75 Å². The van der Waals surface area contributed by atoms with Crippen LogP contribution in [0.4, 0.5) is 0 Å². The van der Waals surface area contributed by atoms with E-state index >= 15 is 0 Å². The summed E-state index contributed by atoms with van der Waals surface area (Å²) < 4.78 is 6.98. The highest BCUT2D eigenvalue weighted by Crippen LogP contribution is 2.24. The summed E-state index contributed by atoms with van der Waals surface area (Å²) in [5, 5.41) is 8.65. The minimum Gasteiger partial charge on any atom is -0.497 e. The van der Waals surface area contributed by atoms with Crippen molar-refractivity contribution in [3.8, 4) is 16.9 Å². The number of hydrogen-bond acceptors (Lipinski definition) is 3. The summed E-state index contributed by atoms with van der Waals surface area (Å²) in [7, 11) is 1.64. The molecule has 0 aliphatic heterocycles. The molecule has 0 aliphatic rings. The normalized spacial score (nSPS) is 11.0. The summed E-state index contributed by atoms with van der Waals surface area (Å²) in [6.45, 7) is 2.49. The predicted molar refractivity (Wildman–Crippen MR) is 103 cm³/mol. The van der Waals surface area contributed by atoms with E-state index in [0.717, 1.165) is 33.5 Å². The second-order valence-corrected chi connectivity index (χ2v) is 6.31. The van der Waals surface area contributed by atoms with Gasteiger partial charge < -0.3 is 9.30 Å². The Morgan fingerprint density at radius 3 is 2.81 bits per heavy atom. The van der Waals surface area contributed by atoms with Gasteiger partial charge in [-0.05, 0) is 53.8 Å². The SMILES string of the molecule is COc1cccc(Cn2ccc3cc(-c4cn[nH]c4C)ccc3c2=O)c1. The van der Waals surface area contributed by atoms with E-state index in [0.29, 0.717) is 11.9 Å². The Morgan fingerprint density at radius 1 is 1.15 bits per heavy atom. The first-order valence-corrected chi connectivity index (χ1v) is 8.42. The average Bonchev–Trinajstić information content (AvgIpc) is 3.10. The molecule has 4 aromatic rings. The van der Waals surface area contributed by atoms with Crippen LogP contribution < -0.4 is 10.3 Å². The van der Waals surface area contributed by atoms with Crippen molar-refractivity contribution in [3.63, 3.8) is 0 Å². The van der Waals surface area contributed by atoms with Gasteiger partial charge in [-0.25, -0.2) is 0 Å². The van der Waals surface area contributed by atoms with Gasteiger partial charge in [-0.15, -0.1) is 0 Å². The van der Waals surface area contributed by atoms with E-state index in [9.17, 15) is 4.79 Å². The summed E-state index contributed by atoms with van der Waals surface area (Å²) in [4.78, 5) is 12.9. The van der Waals surface area contributed by atoms with Crippen LogP contribution in [0, 0.1) is 6.92 Å². The second kappa shape index (κ2) is 6.52. The van der Waals surface area contributed by atoms with Gasteiger partial charge in [-0.3, -0.25) is 9.89 Å². The van der Waals surface area contributed by atoms with Crippen molar-refractivity contribution in [1.82, 2.24) is 14.8 Å². The Labute approximate surface area is 150 Å². The number of benzene rings is 2. The third-order valence-electron chi connectivity index (χ3n) is 4.60. The topological polar surface area (TPSA) is 59.9 Å². The Kier molecular flexibility index (Phi) is 4.05. The van der Waals surface area contributed by atoms with Crippen LogP contribution in [0.3, 0.4) is 0 Å². The molecule has 0 spiro atoms. The smallest absolute Gasteiger partial charge is 0.258 e. The summed E-state index contributed by atoms with van der Waals surface area (Å²) in [6, 6.07) is 15.6. The lowest BCUT2D eigenvalue weighted by Gasteiger charge is -2.09. The molecule has 0 aliphatic carbocycles. The number of fused-ring (bicyclic) bond motifs is 1. The van der Waals surface area contributed by atoms with Crippen molar-refractivity contribution < 1.29 is 4.74 Å². The van der Waals surface area contributed by atoms with Crippen LogP contribution in [0.25, 0.3) is 21.9 Å². The van der Waals surface area contributed by atoms with Gasteiger partial charge in [0, 0.05) is 22.8 Å². The number of rotatable bonds is 4. The minimum absolute atomic E-state index is 0.000727. The second-order valence-electron chi connectivity index (χ2n) is 6.31. The highest BCUT2D eigenvalue weighted by molar-refractivity contribution is 5.86. The van der Waals surface area contributed by atoms with E-state index in [-0.39, 0.29) is 5.56 Å². The molecule has 0 amide bonds. The number of hydrogen-bond donors (Lipinski definition) is 1. The molecule has 130 valence electrons. The quantitative estimate of drug-likeness (QED) is 0.613. The molecule has 0 unspecified atom stereocenters. The number of H-pyrrole nitrogens is 1. The number of nitrogens with zero attached hydrogens (tertiary/aromatic N) is 2. The van der Waals surface area contributed by atoms with Crippen molar-refractivity contribution >= 4 is 10.8 Å². The third-order valence-corrected chi connectivity index (χ3v) is 4.60. The number of aromatic nitrogens is 3. The highest BCUT2D eigenvalue weighted by atomic mass is 16.5. The molecule has 0 bridgehead atoms. The first kappa shape index (κ1) is 16.1. The Bertz CT molecular complexity index is 1140. The summed E-state index contributed by atoms with van der Waals surface area (Å²) >= 11 is 0. The van der Waals surface area contributed by atoms with Crippen molar-refractivity contribution in [1.29, 1.82) is 0 Å². The number of ether oxygens (including phenoxy) is 1. The molecule has 2 aromatic heterocycles. The van der Waals surface area contributed by atoms with Crippen LogP contribution >= 0.6 is 0 Å². The zero-order chi connectivity index (χ0) is 18.1. The van der Waals surface area contributed by atoms with Gasteiger partial charge >= 0.3 is 0 Å². The summed E-state index contributed by atoms with van der Waals surface area (Å²) in [5.41, 5.74) is 4.13. The van der Waals surface area contributed by atoms with Gasteiger partial charge in [0.15, 0.2) is 0 Å². The van der Waals surface area contributed by atoms with Gasteiger partial charge in [-0.1, -0.05) is 18.2 Å². The molecule has 1 N–H and O–H groups in total. The summed E-state index contributed by atoms with van der Waals surface area (Å²) in [6.07, 6.45) is 3.65. The molecule has 2 heterocycles. The van der Waals surface area contributed by atoms with Crippen LogP contribution in [0.5, 0.6) is 5.75 Å². The van der Waals surface area contributed by atoms with E-state index in [2.05, 4.69) is 10.2 Å². The zero-order valence-electron chi connectivity index (χ0n) is 14.7. The highest BCUT2D eigenvalue weighted by Gasteiger charge is 2.08. The van der Waals surface area contributed by atoms with Crippen LogP contribution in [0.15, 0.2) is 65.7 Å². The van der Waals surface area contributed by atoms with E-state index in [1.54, 1.807) is 17.9 Å². The molecule has 0 radical (unpaired) electrons. The summed E-state index contributed by atoms with van der Waals surface area (Å²) in [5.74, 6) is 0.788. The van der Waals surface area contributed by atoms with Gasteiger partial charge in [0.2, 0.25) is 0 Å². The minimum atomic E-state index is 0.000727. The van der Waals surface area contributed by atoms with Gasteiger partial charge in [0.05, 0.1) is 19.9 Å². The fourth-order valence-corrected chi connectivity index (χ4v) is 3.19. The van der Waals surface area contributed by atoms with E-state index in [4.69, 9.17) is 4.74 Å². The molecular formula is C21H19N3O2. The lowest BCUT2D eigenvalue weighted by molar-refractivity contribution is 0.414. The average molecular weight is 345 g/mol. The molecule has 0 saturated carbocycles. The lowest BCUT2D eigenvalue weighted by atomic mass is 10.0. The Balaban J connectivity index is 1.73. The van der Waals surface area contributed by atoms with Gasteiger partial charge in [0.25, 0.3) is 5.56 Å². The van der Waals surface area contributed by atoms with E-state index in [1.807, 2.05) is 61.7 Å². The fraction of sp³-hybridized carbons (Fsp3) is 0.143. The Morgan fingerprint density at radius 2 is 2.04 bits per heavy atom. The van der Waals surface area contributed by atoms with Crippen molar-refractivity contribution in [2.24, 2.45) is 0 Å². The first-order valence-electron chi connectivity index (χ1n) is 8.42. The van der Waals surface area contributed by atoms with Crippen molar-refractivity contribution in [2.45, 2.75) is 13.5 Å². The molecule has 0 atom stereocenters. The number of aryl methyl sites for hydroxylation is 1. The van der Waals surface area contributed by atoms with Crippen LogP contribution in [0.1, 0.15) is 11.3 Å². The van der Waals surface area contributed by atoms with E-state index in [1.165, 1.54) is 0 Å². The molecule has 0 fully saturated rings. The third kappa shape index (κ3) is 2.88. The lowest BCUT2D eigenvalue weighted by Crippen LogP contribution is -2.20. The molecule has 26 heavy (non-hydrogen) atoms. The fourth-order valence-electron chi connectivity index (χ4n) is 3.19. The maximum atomic E-state index is 12.9. The first-order chi connectivity index (χ1) is 12.7. The van der Waals surface area contributed by atoms with Crippen LogP contribution in [-0.2, 0) is 6.54 Å². The zero-order valence-corrected chi connectivity index (χ0v) is 14.7. The Hall–Kier alpha value is -3.34. The monoisotopic (exact) mass is 345 g/mol. The van der Waals surface area contributed by atoms with Gasteiger partial charge in [-0.2, -0.15) is 5.10 Å². The molecular weight excluding hydrogens is 326 g/mol. The molecule has 5 heteroatoms. The standard InChI is InChI=1S/C21H19N3O2/c1-14-20(12-22-23-14)16-6-7-19-17(11-16)8-9-24(21(19)25)13-15-4-3-5-18(10-15)26-2/h3-12H,13H2,1-2H3,(H,22,23). The maximum absolute atomic E-state index is 12.9. The van der Waals surface area contributed by atoms with Crippen molar-refractivity contribution in [3.05, 3.63) is 82.5 Å². The number of pyridine rings is 1. The van der Waals surface area contributed by atoms with Crippen LogP contribution in [0.2, 0.25) is 0 Å². The van der Waals surface area contributed by atoms with Crippen LogP contribution in [-0.4, -0.2) is 21.9 Å². The number of methoxy groups -OCH3 is 1. The molecule has 5 nitrogen and oxygen atoms in total. The predicted octanol–water partition coefficient (Wildman–Crippen LogP) is 3.76. The number of nitrogens with one attached hydrogen (secondary N) is 1. The number of aromatic amines is 1.